The summed E-state index contributed by atoms with van der Waals surface area (Å²) in [4.78, 5) is 22.2. The van der Waals surface area contributed by atoms with Gasteiger partial charge in [-0.15, -0.1) is 0 Å². The van der Waals surface area contributed by atoms with Crippen molar-refractivity contribution in [2.24, 2.45) is 11.7 Å². The summed E-state index contributed by atoms with van der Waals surface area (Å²) in [7, 11) is 1.87. The topological polar surface area (TPSA) is 84.1 Å². The summed E-state index contributed by atoms with van der Waals surface area (Å²) in [6.45, 7) is 3.89. The van der Waals surface area contributed by atoms with Crippen molar-refractivity contribution in [1.29, 1.82) is 0 Å². The molecule has 1 aliphatic heterocycles. The van der Waals surface area contributed by atoms with Gasteiger partial charge in [-0.25, -0.2) is 9.97 Å². The number of aryl methyl sites for hydroxylation is 1. The number of primary amides is 1. The Labute approximate surface area is 119 Å². The summed E-state index contributed by atoms with van der Waals surface area (Å²) in [5, 5.41) is 3.08. The number of carbonyl (C=O) groups is 1. The molecule has 6 heteroatoms. The van der Waals surface area contributed by atoms with Gasteiger partial charge in [0, 0.05) is 39.0 Å². The number of aromatic nitrogens is 2. The number of carbonyl (C=O) groups excluding carboxylic acids is 1. The Bertz CT molecular complexity index is 446. The van der Waals surface area contributed by atoms with Crippen LogP contribution >= 0.6 is 0 Å². The highest BCUT2D eigenvalue weighted by atomic mass is 16.1. The van der Waals surface area contributed by atoms with Crippen molar-refractivity contribution in [3.63, 3.8) is 0 Å². The van der Waals surface area contributed by atoms with E-state index in [0.29, 0.717) is 12.3 Å². The Morgan fingerprint density at radius 2 is 2.15 bits per heavy atom. The first-order valence-electron chi connectivity index (χ1n) is 7.21. The average Bonchev–Trinajstić information content (AvgIpc) is 2.46. The van der Waals surface area contributed by atoms with E-state index in [-0.39, 0.29) is 5.91 Å². The molecule has 2 heterocycles. The Balaban J connectivity index is 2.04. The zero-order valence-corrected chi connectivity index (χ0v) is 12.2. The molecule has 0 radical (unpaired) electrons. The van der Waals surface area contributed by atoms with Crippen molar-refractivity contribution in [3.8, 4) is 0 Å². The highest BCUT2D eigenvalue weighted by molar-refractivity contribution is 5.74. The van der Waals surface area contributed by atoms with Crippen LogP contribution in [0.15, 0.2) is 6.07 Å². The van der Waals surface area contributed by atoms with Crippen LogP contribution in [0.2, 0.25) is 0 Å². The van der Waals surface area contributed by atoms with Gasteiger partial charge in [0.05, 0.1) is 0 Å². The summed E-state index contributed by atoms with van der Waals surface area (Å²) < 4.78 is 0. The molecule has 6 nitrogen and oxygen atoms in total. The van der Waals surface area contributed by atoms with Crippen molar-refractivity contribution in [3.05, 3.63) is 11.9 Å². The minimum absolute atomic E-state index is 0.198. The molecule has 1 amide bonds. The van der Waals surface area contributed by atoms with E-state index in [1.165, 1.54) is 0 Å². The van der Waals surface area contributed by atoms with Crippen molar-refractivity contribution in [2.75, 3.05) is 30.4 Å². The van der Waals surface area contributed by atoms with E-state index in [1.54, 1.807) is 0 Å². The van der Waals surface area contributed by atoms with Gasteiger partial charge in [-0.05, 0) is 18.8 Å². The number of rotatable bonds is 5. The zero-order chi connectivity index (χ0) is 14.5. The monoisotopic (exact) mass is 277 g/mol. The predicted molar refractivity (Wildman–Crippen MR) is 79.7 cm³/mol. The largest absolute Gasteiger partial charge is 0.373 e. The van der Waals surface area contributed by atoms with Crippen LogP contribution in [0.4, 0.5) is 11.6 Å². The predicted octanol–water partition coefficient (Wildman–Crippen LogP) is 1.17. The third-order valence-corrected chi connectivity index (χ3v) is 3.76. The fraction of sp³-hybridized carbons (Fsp3) is 0.643. The van der Waals surface area contributed by atoms with E-state index in [4.69, 9.17) is 5.73 Å². The Morgan fingerprint density at radius 1 is 1.45 bits per heavy atom. The molecule has 110 valence electrons. The maximum atomic E-state index is 11.0. The number of amides is 1. The molecule has 1 saturated heterocycles. The molecule has 0 aromatic carbocycles. The summed E-state index contributed by atoms with van der Waals surface area (Å²) in [5.41, 5.74) is 5.26. The van der Waals surface area contributed by atoms with Gasteiger partial charge in [0.15, 0.2) is 0 Å². The fourth-order valence-corrected chi connectivity index (χ4v) is 2.58. The second-order valence-corrected chi connectivity index (χ2v) is 5.23. The van der Waals surface area contributed by atoms with Crippen molar-refractivity contribution >= 4 is 17.5 Å². The first-order chi connectivity index (χ1) is 9.62. The van der Waals surface area contributed by atoms with Crippen LogP contribution < -0.4 is 16.0 Å². The van der Waals surface area contributed by atoms with E-state index >= 15 is 0 Å². The van der Waals surface area contributed by atoms with Gasteiger partial charge in [0.2, 0.25) is 5.91 Å². The number of anilines is 2. The molecule has 2 rings (SSSR count). The lowest BCUT2D eigenvalue weighted by atomic mass is 9.93. The fourth-order valence-electron chi connectivity index (χ4n) is 2.58. The molecule has 1 aliphatic rings. The number of hydrogen-bond acceptors (Lipinski definition) is 5. The Hall–Kier alpha value is -1.85. The van der Waals surface area contributed by atoms with Crippen molar-refractivity contribution in [2.45, 2.75) is 32.6 Å². The smallest absolute Gasteiger partial charge is 0.217 e. The molecule has 0 bridgehead atoms. The van der Waals surface area contributed by atoms with Gasteiger partial charge in [-0.3, -0.25) is 4.79 Å². The lowest BCUT2D eigenvalue weighted by Gasteiger charge is -2.32. The van der Waals surface area contributed by atoms with E-state index in [0.717, 1.165) is 49.8 Å². The summed E-state index contributed by atoms with van der Waals surface area (Å²) in [6.07, 6.45) is 3.30. The minimum atomic E-state index is -0.198. The molecular weight excluding hydrogens is 254 g/mol. The lowest BCUT2D eigenvalue weighted by Crippen LogP contribution is -2.35. The highest BCUT2D eigenvalue weighted by Gasteiger charge is 2.22. The van der Waals surface area contributed by atoms with E-state index in [1.807, 2.05) is 13.1 Å². The molecule has 0 unspecified atom stereocenters. The number of nitrogens with one attached hydrogen (secondary N) is 1. The number of hydrogen-bond donors (Lipinski definition) is 2. The van der Waals surface area contributed by atoms with Gasteiger partial charge in [0.1, 0.15) is 17.5 Å². The van der Waals surface area contributed by atoms with Crippen LogP contribution in [0.25, 0.3) is 0 Å². The van der Waals surface area contributed by atoms with Crippen molar-refractivity contribution < 1.29 is 4.79 Å². The number of piperidine rings is 1. The molecule has 0 aliphatic carbocycles. The molecule has 20 heavy (non-hydrogen) atoms. The van der Waals surface area contributed by atoms with Crippen LogP contribution in [0.5, 0.6) is 0 Å². The third kappa shape index (κ3) is 3.59. The molecule has 0 atom stereocenters. The molecule has 0 saturated carbocycles. The van der Waals surface area contributed by atoms with Gasteiger partial charge >= 0.3 is 0 Å². The van der Waals surface area contributed by atoms with Gasteiger partial charge in [0.25, 0.3) is 0 Å². The summed E-state index contributed by atoms with van der Waals surface area (Å²) in [6, 6.07) is 1.98. The Kier molecular flexibility index (Phi) is 4.76. The molecule has 3 N–H and O–H groups in total. The molecule has 1 fully saturated rings. The average molecular weight is 277 g/mol. The van der Waals surface area contributed by atoms with Gasteiger partial charge in [-0.1, -0.05) is 6.92 Å². The maximum absolute atomic E-state index is 11.0. The summed E-state index contributed by atoms with van der Waals surface area (Å²) >= 11 is 0. The van der Waals surface area contributed by atoms with E-state index in [9.17, 15) is 4.79 Å². The number of nitrogens with two attached hydrogens (primary N) is 1. The van der Waals surface area contributed by atoms with Crippen molar-refractivity contribution in [1.82, 2.24) is 9.97 Å². The van der Waals surface area contributed by atoms with Crippen LogP contribution in [-0.4, -0.2) is 36.0 Å². The minimum Gasteiger partial charge on any atom is -0.373 e. The van der Waals surface area contributed by atoms with Crippen LogP contribution in [0.1, 0.15) is 32.0 Å². The molecule has 1 aromatic rings. The first kappa shape index (κ1) is 14.6. The zero-order valence-electron chi connectivity index (χ0n) is 12.2. The number of nitrogens with zero attached hydrogens (tertiary/aromatic N) is 3. The van der Waals surface area contributed by atoms with E-state index < -0.39 is 0 Å². The second-order valence-electron chi connectivity index (χ2n) is 5.23. The van der Waals surface area contributed by atoms with Gasteiger partial charge < -0.3 is 16.0 Å². The maximum Gasteiger partial charge on any atom is 0.217 e. The third-order valence-electron chi connectivity index (χ3n) is 3.76. The summed E-state index contributed by atoms with van der Waals surface area (Å²) in [5.74, 6) is 2.90. The second kappa shape index (κ2) is 6.54. The quantitative estimate of drug-likeness (QED) is 0.844. The first-order valence-corrected chi connectivity index (χ1v) is 7.21. The Morgan fingerprint density at radius 3 is 2.70 bits per heavy atom. The highest BCUT2D eigenvalue weighted by Crippen LogP contribution is 2.25. The van der Waals surface area contributed by atoms with Crippen LogP contribution in [-0.2, 0) is 11.2 Å². The van der Waals surface area contributed by atoms with Gasteiger partial charge in [-0.2, -0.15) is 0 Å². The standard InChI is InChI=1S/C14H23N5O/c1-3-12-17-13(16-2)9-14(18-12)19-6-4-10(5-7-19)8-11(15)20/h9-10H,3-8H2,1-2H3,(H2,15,20)(H,16,17,18). The SMILES string of the molecule is CCc1nc(NC)cc(N2CCC(CC(N)=O)CC2)n1. The van der Waals surface area contributed by atoms with Crippen LogP contribution in [0, 0.1) is 5.92 Å². The molecular formula is C14H23N5O. The normalized spacial score (nSPS) is 16.2. The molecule has 0 spiro atoms. The molecule has 1 aromatic heterocycles. The lowest BCUT2D eigenvalue weighted by molar-refractivity contribution is -0.119. The van der Waals surface area contributed by atoms with E-state index in [2.05, 4.69) is 27.1 Å². The van der Waals surface area contributed by atoms with Crippen LogP contribution in [0.3, 0.4) is 0 Å².